The maximum absolute atomic E-state index is 12.8. The maximum atomic E-state index is 12.8. The number of nitrogens with one attached hydrogen (secondary N) is 2. The monoisotopic (exact) mass is 428 g/mol. The number of benzene rings is 2. The van der Waals surface area contributed by atoms with Crippen molar-refractivity contribution in [1.29, 1.82) is 0 Å². The van der Waals surface area contributed by atoms with Crippen molar-refractivity contribution in [2.24, 2.45) is 0 Å². The Kier molecular flexibility index (Phi) is 5.44. The summed E-state index contributed by atoms with van der Waals surface area (Å²) in [7, 11) is -3.85. The van der Waals surface area contributed by atoms with Gasteiger partial charge in [-0.15, -0.1) is 10.2 Å². The molecule has 2 N–H and O–H groups in total. The van der Waals surface area contributed by atoms with Crippen molar-refractivity contribution in [2.75, 3.05) is 5.32 Å². The van der Waals surface area contributed by atoms with E-state index in [1.54, 1.807) is 12.1 Å². The van der Waals surface area contributed by atoms with Crippen LogP contribution in [0, 0.1) is 6.92 Å². The summed E-state index contributed by atoms with van der Waals surface area (Å²) in [4.78, 5) is 12.4. The van der Waals surface area contributed by atoms with Crippen LogP contribution in [0.25, 0.3) is 0 Å². The fourth-order valence-corrected chi connectivity index (χ4v) is 5.64. The number of fused-ring (bicyclic) bond motifs is 1. The minimum atomic E-state index is -3.85. The molecule has 1 aliphatic rings. The third-order valence-corrected chi connectivity index (χ3v) is 7.59. The lowest BCUT2D eigenvalue weighted by atomic mass is 9.88. The van der Waals surface area contributed by atoms with Gasteiger partial charge in [-0.25, -0.2) is 13.1 Å². The van der Waals surface area contributed by atoms with Crippen LogP contribution >= 0.6 is 11.3 Å². The van der Waals surface area contributed by atoms with Gasteiger partial charge in [-0.2, -0.15) is 0 Å². The first-order chi connectivity index (χ1) is 13.9. The van der Waals surface area contributed by atoms with Crippen LogP contribution < -0.4 is 10.0 Å². The van der Waals surface area contributed by atoms with Crippen LogP contribution in [0.3, 0.4) is 0 Å². The molecule has 150 valence electrons. The van der Waals surface area contributed by atoms with E-state index in [1.807, 2.05) is 43.3 Å². The van der Waals surface area contributed by atoms with Gasteiger partial charge in [0, 0.05) is 11.6 Å². The molecule has 1 atom stereocenters. The Morgan fingerprint density at radius 2 is 1.86 bits per heavy atom. The second-order valence-corrected chi connectivity index (χ2v) is 9.77. The Morgan fingerprint density at radius 1 is 1.10 bits per heavy atom. The number of aryl methyl sites for hydroxylation is 2. The summed E-state index contributed by atoms with van der Waals surface area (Å²) < 4.78 is 28.2. The van der Waals surface area contributed by atoms with Crippen LogP contribution in [-0.2, 0) is 16.4 Å². The normalized spacial score (nSPS) is 16.2. The lowest BCUT2D eigenvalue weighted by Crippen LogP contribution is -2.31. The number of amides is 1. The Hall–Kier alpha value is -2.62. The molecule has 0 aliphatic heterocycles. The van der Waals surface area contributed by atoms with E-state index in [-0.39, 0.29) is 21.4 Å². The van der Waals surface area contributed by atoms with Crippen LogP contribution in [0.4, 0.5) is 5.13 Å². The molecule has 0 radical (unpaired) electrons. The van der Waals surface area contributed by atoms with Crippen molar-refractivity contribution < 1.29 is 13.2 Å². The van der Waals surface area contributed by atoms with Gasteiger partial charge in [0.2, 0.25) is 9.47 Å². The highest BCUT2D eigenvalue weighted by atomic mass is 32.2. The van der Waals surface area contributed by atoms with E-state index in [2.05, 4.69) is 20.2 Å². The smallest absolute Gasteiger partial charge is 0.270 e. The van der Waals surface area contributed by atoms with Crippen molar-refractivity contribution in [3.8, 4) is 0 Å². The Bertz CT molecular complexity index is 1160. The number of hydrogen-bond acceptors (Lipinski definition) is 6. The van der Waals surface area contributed by atoms with Crippen LogP contribution in [0.1, 0.15) is 45.9 Å². The van der Waals surface area contributed by atoms with Crippen LogP contribution in [0.5, 0.6) is 0 Å². The number of anilines is 1. The highest BCUT2D eigenvalue weighted by Crippen LogP contribution is 2.31. The molecular weight excluding hydrogens is 408 g/mol. The fraction of sp³-hybridized carbons (Fsp3) is 0.250. The average molecular weight is 429 g/mol. The van der Waals surface area contributed by atoms with E-state index in [9.17, 15) is 13.2 Å². The van der Waals surface area contributed by atoms with Crippen LogP contribution in [0.15, 0.2) is 52.9 Å². The van der Waals surface area contributed by atoms with Gasteiger partial charge >= 0.3 is 0 Å². The van der Waals surface area contributed by atoms with Crippen molar-refractivity contribution in [3.63, 3.8) is 0 Å². The molecule has 9 heteroatoms. The summed E-state index contributed by atoms with van der Waals surface area (Å²) in [5.41, 5.74) is 3.49. The quantitative estimate of drug-likeness (QED) is 0.606. The van der Waals surface area contributed by atoms with Crippen LogP contribution in [0.2, 0.25) is 0 Å². The number of hydrogen-bond donors (Lipinski definition) is 2. The molecule has 1 heterocycles. The highest BCUT2D eigenvalue weighted by molar-refractivity contribution is 7.91. The van der Waals surface area contributed by atoms with E-state index >= 15 is 0 Å². The first-order valence-corrected chi connectivity index (χ1v) is 11.5. The van der Waals surface area contributed by atoms with Gasteiger partial charge in [-0.05, 0) is 48.9 Å². The van der Waals surface area contributed by atoms with E-state index in [1.165, 1.54) is 0 Å². The molecule has 0 unspecified atom stereocenters. The highest BCUT2D eigenvalue weighted by Gasteiger charge is 2.28. The predicted octanol–water partition coefficient (Wildman–Crippen LogP) is 3.45. The molecular formula is C20H20N4O3S2. The molecule has 0 spiro atoms. The van der Waals surface area contributed by atoms with Crippen molar-refractivity contribution >= 4 is 32.4 Å². The summed E-state index contributed by atoms with van der Waals surface area (Å²) in [6.07, 6.45) is 2.59. The van der Waals surface area contributed by atoms with E-state index in [0.717, 1.165) is 47.3 Å². The molecule has 4 rings (SSSR count). The maximum Gasteiger partial charge on any atom is 0.270 e. The summed E-state index contributed by atoms with van der Waals surface area (Å²) in [5.74, 6) is -0.350. The molecule has 1 amide bonds. The molecule has 7 nitrogen and oxygen atoms in total. The second kappa shape index (κ2) is 8.02. The number of nitrogens with zero attached hydrogens (tertiary/aromatic N) is 2. The summed E-state index contributed by atoms with van der Waals surface area (Å²) in [6.45, 7) is 1.83. The van der Waals surface area contributed by atoms with Crippen molar-refractivity contribution in [3.05, 3.63) is 70.8 Å². The van der Waals surface area contributed by atoms with Gasteiger partial charge < -0.3 is 0 Å². The van der Waals surface area contributed by atoms with E-state index in [0.29, 0.717) is 5.56 Å². The Labute approximate surface area is 173 Å². The van der Waals surface area contributed by atoms with Crippen molar-refractivity contribution in [1.82, 2.24) is 14.9 Å². The lowest BCUT2D eigenvalue weighted by Gasteiger charge is -2.25. The molecule has 29 heavy (non-hydrogen) atoms. The van der Waals surface area contributed by atoms with Gasteiger partial charge in [0.25, 0.3) is 15.9 Å². The van der Waals surface area contributed by atoms with Crippen LogP contribution in [-0.4, -0.2) is 24.5 Å². The Balaban J connectivity index is 1.50. The first kappa shape index (κ1) is 19.7. The minimum Gasteiger partial charge on any atom is -0.296 e. The molecule has 0 saturated heterocycles. The SMILES string of the molecule is Cc1ccccc1C(=O)Nc1nnc(S(=O)(=O)N[C@H]2CCCc3ccccc32)s1. The number of aromatic nitrogens is 2. The first-order valence-electron chi connectivity index (χ1n) is 9.25. The number of carbonyl (C=O) groups is 1. The summed E-state index contributed by atoms with van der Waals surface area (Å²) in [5, 5.41) is 10.4. The molecule has 2 aromatic carbocycles. The number of carbonyl (C=O) groups excluding carboxylic acids is 1. The van der Waals surface area contributed by atoms with Gasteiger partial charge in [-0.3, -0.25) is 10.1 Å². The average Bonchev–Trinajstić information content (AvgIpc) is 3.18. The third-order valence-electron chi connectivity index (χ3n) is 4.91. The van der Waals surface area contributed by atoms with E-state index in [4.69, 9.17) is 0 Å². The number of sulfonamides is 1. The third kappa shape index (κ3) is 4.21. The van der Waals surface area contributed by atoms with Gasteiger partial charge in [0.15, 0.2) is 0 Å². The molecule has 0 fully saturated rings. The zero-order valence-electron chi connectivity index (χ0n) is 15.8. The number of rotatable bonds is 5. The second-order valence-electron chi connectivity index (χ2n) is 6.91. The predicted molar refractivity (Wildman–Crippen MR) is 111 cm³/mol. The fourth-order valence-electron chi connectivity index (χ4n) is 3.48. The largest absolute Gasteiger partial charge is 0.296 e. The van der Waals surface area contributed by atoms with Gasteiger partial charge in [-0.1, -0.05) is 53.8 Å². The standard InChI is InChI=1S/C20H20N4O3S2/c1-13-7-2-4-10-15(13)18(25)21-19-22-23-20(28-19)29(26,27)24-17-12-6-9-14-8-3-5-11-16(14)17/h2-5,7-8,10-11,17,24H,6,9,12H2,1H3,(H,21,22,25)/t17-/m0/s1. The minimum absolute atomic E-state index is 0.141. The summed E-state index contributed by atoms with van der Waals surface area (Å²) in [6, 6.07) is 14.7. The molecule has 0 bridgehead atoms. The van der Waals surface area contributed by atoms with Gasteiger partial charge in [0.05, 0.1) is 0 Å². The lowest BCUT2D eigenvalue weighted by molar-refractivity contribution is 0.102. The van der Waals surface area contributed by atoms with Crippen molar-refractivity contribution in [2.45, 2.75) is 36.6 Å². The molecule has 3 aromatic rings. The zero-order chi connectivity index (χ0) is 20.4. The summed E-state index contributed by atoms with van der Waals surface area (Å²) >= 11 is 0.834. The van der Waals surface area contributed by atoms with E-state index < -0.39 is 10.0 Å². The molecule has 1 aromatic heterocycles. The topological polar surface area (TPSA) is 101 Å². The molecule has 0 saturated carbocycles. The van der Waals surface area contributed by atoms with Gasteiger partial charge in [0.1, 0.15) is 0 Å². The molecule has 1 aliphatic carbocycles. The zero-order valence-corrected chi connectivity index (χ0v) is 17.4. The Morgan fingerprint density at radius 3 is 2.69 bits per heavy atom.